The van der Waals surface area contributed by atoms with Gasteiger partial charge in [0.05, 0.1) is 0 Å². The topological polar surface area (TPSA) is 110 Å². The second-order valence-electron chi connectivity index (χ2n) is 14.8. The van der Waals surface area contributed by atoms with Crippen molar-refractivity contribution in [2.24, 2.45) is 0 Å². The summed E-state index contributed by atoms with van der Waals surface area (Å²) in [6, 6.07) is 49.7. The molecule has 0 radical (unpaired) electrons. The van der Waals surface area contributed by atoms with Crippen molar-refractivity contribution in [3.63, 3.8) is 0 Å². The largest absolute Gasteiger partial charge is 0.534 e. The molecule has 4 heterocycles. The maximum atomic E-state index is 12.4. The summed E-state index contributed by atoms with van der Waals surface area (Å²) in [5.74, 6) is -0.540. The first kappa shape index (κ1) is 42.8. The third kappa shape index (κ3) is 7.84. The molecule has 0 atom stereocenters. The Morgan fingerprint density at radius 1 is 0.523 bits per heavy atom. The lowest BCUT2D eigenvalue weighted by Gasteiger charge is -2.09. The van der Waals surface area contributed by atoms with Gasteiger partial charge in [0.1, 0.15) is 16.7 Å². The molecule has 12 aromatic rings. The molecule has 4 aromatic heterocycles. The molecule has 2 N–H and O–H groups in total. The zero-order valence-corrected chi connectivity index (χ0v) is 37.1. The van der Waals surface area contributed by atoms with Crippen LogP contribution in [0.1, 0.15) is 0 Å². The Balaban J connectivity index is 0.000000119. The van der Waals surface area contributed by atoms with E-state index in [1.807, 2.05) is 59.9 Å². The number of thiophene rings is 2. The van der Waals surface area contributed by atoms with Gasteiger partial charge in [-0.25, -0.2) is 0 Å². The molecule has 12 rings (SSSR count). The fourth-order valence-electron chi connectivity index (χ4n) is 7.89. The summed E-state index contributed by atoms with van der Waals surface area (Å²) in [7, 11) is -7.18. The van der Waals surface area contributed by atoms with Crippen molar-refractivity contribution < 1.29 is 44.7 Å². The number of furan rings is 2. The predicted molar refractivity (Wildman–Crippen MR) is 261 cm³/mol. The molecule has 0 saturated carbocycles. The van der Waals surface area contributed by atoms with E-state index < -0.39 is 28.5 Å². The van der Waals surface area contributed by atoms with Crippen LogP contribution in [0.25, 0.3) is 95.3 Å². The van der Waals surface area contributed by atoms with E-state index in [9.17, 15) is 31.6 Å². The van der Waals surface area contributed by atoms with Gasteiger partial charge in [0.25, 0.3) is 0 Å². The van der Waals surface area contributed by atoms with E-state index in [1.165, 1.54) is 48.0 Å². The molecule has 0 fully saturated rings. The zero-order valence-electron chi connectivity index (χ0n) is 33.1. The zero-order chi connectivity index (χ0) is 45.2. The highest BCUT2D eigenvalue weighted by atomic mass is 35.5. The van der Waals surface area contributed by atoms with E-state index in [0.717, 1.165) is 43.7 Å². The molecule has 0 aliphatic heterocycles. The van der Waals surface area contributed by atoms with Gasteiger partial charge in [-0.05, 0) is 53.3 Å². The van der Waals surface area contributed by atoms with Crippen LogP contribution in [0.5, 0.6) is 5.75 Å². The summed E-state index contributed by atoms with van der Waals surface area (Å²) in [5, 5.41) is 27.8. The predicted octanol–water partition coefficient (Wildman–Crippen LogP) is 14.5. The van der Waals surface area contributed by atoms with Crippen LogP contribution in [0.15, 0.2) is 167 Å². The summed E-state index contributed by atoms with van der Waals surface area (Å²) in [6.07, 6.45) is 0. The minimum atomic E-state index is -5.77. The average Bonchev–Trinajstić information content (AvgIpc) is 4.06. The maximum absolute atomic E-state index is 12.4. The van der Waals surface area contributed by atoms with Crippen molar-refractivity contribution >= 4 is 153 Å². The van der Waals surface area contributed by atoms with Crippen LogP contribution >= 0.6 is 45.9 Å². The van der Waals surface area contributed by atoms with Crippen molar-refractivity contribution in [3.8, 4) is 16.9 Å². The standard InChI is InChI=1S/C24H13ClOS.C13H6ClF3O4S.C12H9BO2S/c25-14-11-12-15-17-6-3-7-18(23(17)26-21(15)13-14)20-9-4-8-19-16-5-1-2-10-22(16)27-24(19)20;14-7-4-5-8-9-2-1-3-10(12(9)20-11(8)6-7)21-22(18,19)13(15,16)17;14-13(15)10-6-3-5-9-8-4-1-2-7-11(8)16-12(9)10/h1-13H;1-6H;1-7,14-15H. The molecule has 7 nitrogen and oxygen atoms in total. The number of halogens is 5. The molecule has 8 aromatic carbocycles. The van der Waals surface area contributed by atoms with E-state index in [-0.39, 0.29) is 5.58 Å². The van der Waals surface area contributed by atoms with Gasteiger partial charge in [-0.3, -0.25) is 0 Å². The summed E-state index contributed by atoms with van der Waals surface area (Å²) in [5.41, 5.74) is -0.659. The highest BCUT2D eigenvalue weighted by Gasteiger charge is 2.49. The SMILES string of the molecule is Clc1ccc2c(c1)oc1c(-c3cccc4c3sc3ccccc34)cccc12.O=S(=O)(Oc1cccc2c1oc1cc(Cl)ccc12)C(F)(F)F.OB(O)c1cccc2c1sc1ccccc12. The Hall–Kier alpha value is -6.10. The Bertz CT molecular complexity index is 3920. The van der Waals surface area contributed by atoms with Crippen LogP contribution < -0.4 is 9.65 Å². The third-order valence-corrected chi connectivity index (χ3v) is 14.7. The van der Waals surface area contributed by atoms with E-state index in [1.54, 1.807) is 35.6 Å². The van der Waals surface area contributed by atoms with Crippen molar-refractivity contribution in [1.82, 2.24) is 0 Å². The number of fused-ring (bicyclic) bond motifs is 12. The number of benzene rings is 8. The van der Waals surface area contributed by atoms with Gasteiger partial charge in [-0.1, -0.05) is 126 Å². The quantitative estimate of drug-likeness (QED) is 0.103. The molecule has 0 aliphatic rings. The van der Waals surface area contributed by atoms with Gasteiger partial charge in [0.2, 0.25) is 0 Å². The average molecular weight is 964 g/mol. The highest BCUT2D eigenvalue weighted by Crippen LogP contribution is 2.44. The lowest BCUT2D eigenvalue weighted by molar-refractivity contribution is -0.0499. The van der Waals surface area contributed by atoms with Crippen molar-refractivity contribution in [1.29, 1.82) is 0 Å². The summed E-state index contributed by atoms with van der Waals surface area (Å²) < 4.78 is 80.0. The van der Waals surface area contributed by atoms with Gasteiger partial charge in [0, 0.05) is 89.8 Å². The second-order valence-corrected chi connectivity index (χ2v) is 19.3. The fraction of sp³-hybridized carbons (Fsp3) is 0.0204. The molecular weight excluding hydrogens is 935 g/mol. The number of alkyl halides is 3. The van der Waals surface area contributed by atoms with Gasteiger partial charge in [0.15, 0.2) is 11.3 Å². The smallest absolute Gasteiger partial charge is 0.455 e. The second kappa shape index (κ2) is 16.7. The fourth-order valence-corrected chi connectivity index (χ4v) is 11.1. The molecule has 322 valence electrons. The minimum Gasteiger partial charge on any atom is -0.455 e. The van der Waals surface area contributed by atoms with E-state index in [2.05, 4.69) is 70.9 Å². The van der Waals surface area contributed by atoms with E-state index in [4.69, 9.17) is 32.0 Å². The van der Waals surface area contributed by atoms with Crippen molar-refractivity contribution in [3.05, 3.63) is 168 Å². The minimum absolute atomic E-state index is 0.104. The molecule has 0 bridgehead atoms. The highest BCUT2D eigenvalue weighted by molar-refractivity contribution is 7.88. The van der Waals surface area contributed by atoms with Gasteiger partial charge < -0.3 is 23.1 Å². The summed E-state index contributed by atoms with van der Waals surface area (Å²) in [6.45, 7) is 0. The molecule has 0 spiro atoms. The van der Waals surface area contributed by atoms with Gasteiger partial charge in [-0.2, -0.15) is 21.6 Å². The lowest BCUT2D eigenvalue weighted by Crippen LogP contribution is -2.29. The number of hydrogen-bond acceptors (Lipinski definition) is 9. The van der Waals surface area contributed by atoms with Gasteiger partial charge in [-0.15, -0.1) is 22.7 Å². The van der Waals surface area contributed by atoms with Crippen LogP contribution in [0.2, 0.25) is 10.0 Å². The van der Waals surface area contributed by atoms with Crippen molar-refractivity contribution in [2.45, 2.75) is 5.51 Å². The van der Waals surface area contributed by atoms with Crippen LogP contribution in [0.3, 0.4) is 0 Å². The normalized spacial score (nSPS) is 12.0. The number of hydrogen-bond donors (Lipinski definition) is 2. The molecule has 0 unspecified atom stereocenters. The Kier molecular flexibility index (Phi) is 11.0. The molecule has 0 saturated heterocycles. The summed E-state index contributed by atoms with van der Waals surface area (Å²) >= 11 is 15.4. The first-order chi connectivity index (χ1) is 31.3. The molecule has 0 aliphatic carbocycles. The Labute approximate surface area is 385 Å². The maximum Gasteiger partial charge on any atom is 0.534 e. The first-order valence-corrected chi connectivity index (χ1v) is 23.4. The van der Waals surface area contributed by atoms with Crippen LogP contribution in [-0.4, -0.2) is 31.1 Å². The monoisotopic (exact) mass is 962 g/mol. The third-order valence-electron chi connectivity index (χ3n) is 10.8. The molecule has 0 amide bonds. The number of para-hydroxylation sites is 2. The Morgan fingerprint density at radius 2 is 1.00 bits per heavy atom. The van der Waals surface area contributed by atoms with Crippen LogP contribution in [0.4, 0.5) is 13.2 Å². The van der Waals surface area contributed by atoms with Crippen LogP contribution in [-0.2, 0) is 10.1 Å². The molecular formula is C49H28BCl2F3O7S3. The lowest BCUT2D eigenvalue weighted by atomic mass is 9.80. The Morgan fingerprint density at radius 3 is 1.60 bits per heavy atom. The molecule has 16 heteroatoms. The van der Waals surface area contributed by atoms with Crippen molar-refractivity contribution in [2.75, 3.05) is 0 Å². The first-order valence-electron chi connectivity index (χ1n) is 19.6. The van der Waals surface area contributed by atoms with Crippen LogP contribution in [0, 0.1) is 0 Å². The van der Waals surface area contributed by atoms with E-state index >= 15 is 0 Å². The van der Waals surface area contributed by atoms with Gasteiger partial charge >= 0.3 is 22.7 Å². The number of rotatable bonds is 4. The van der Waals surface area contributed by atoms with E-state index in [0.29, 0.717) is 31.9 Å². The molecule has 65 heavy (non-hydrogen) atoms. The summed E-state index contributed by atoms with van der Waals surface area (Å²) in [4.78, 5) is 0.